The molecule has 1 aromatic carbocycles. The van der Waals surface area contributed by atoms with E-state index in [1.165, 1.54) is 12.1 Å². The molecule has 0 saturated carbocycles. The highest BCUT2D eigenvalue weighted by Gasteiger charge is 2.16. The number of non-ortho nitro benzene ring substituents is 1. The van der Waals surface area contributed by atoms with E-state index >= 15 is 0 Å². The maximum atomic E-state index is 10.7. The zero-order valence-corrected chi connectivity index (χ0v) is 12.7. The van der Waals surface area contributed by atoms with Crippen molar-refractivity contribution in [1.29, 1.82) is 0 Å². The van der Waals surface area contributed by atoms with Crippen molar-refractivity contribution >= 4 is 17.3 Å². The zero-order chi connectivity index (χ0) is 15.4. The van der Waals surface area contributed by atoms with E-state index in [9.17, 15) is 10.1 Å². The van der Waals surface area contributed by atoms with Crippen molar-refractivity contribution in [3.05, 3.63) is 51.2 Å². The minimum absolute atomic E-state index is 0.0328. The first kappa shape index (κ1) is 15.5. The lowest BCUT2D eigenvalue weighted by atomic mass is 10.1. The van der Waals surface area contributed by atoms with Gasteiger partial charge in [0.15, 0.2) is 0 Å². The number of nitro benzene ring substituents is 1. The van der Waals surface area contributed by atoms with Gasteiger partial charge in [0, 0.05) is 17.7 Å². The Labute approximate surface area is 128 Å². The van der Waals surface area contributed by atoms with Crippen LogP contribution in [0.15, 0.2) is 34.7 Å². The van der Waals surface area contributed by atoms with Gasteiger partial charge in [-0.3, -0.25) is 10.1 Å². The highest BCUT2D eigenvalue weighted by atomic mass is 35.5. The number of nitro groups is 1. The maximum absolute atomic E-state index is 10.7. The third-order valence-corrected chi connectivity index (χ3v) is 3.57. The predicted octanol–water partition coefficient (Wildman–Crippen LogP) is 4.57. The van der Waals surface area contributed by atoms with Gasteiger partial charge in [-0.2, -0.15) is 0 Å². The molecule has 5 nitrogen and oxygen atoms in total. The number of benzene rings is 1. The molecule has 0 bridgehead atoms. The van der Waals surface area contributed by atoms with Crippen LogP contribution in [0.3, 0.4) is 0 Å². The van der Waals surface area contributed by atoms with Crippen LogP contribution >= 0.6 is 11.6 Å². The number of furan rings is 1. The van der Waals surface area contributed by atoms with Gasteiger partial charge >= 0.3 is 0 Å². The predicted molar refractivity (Wildman–Crippen MR) is 82.5 cm³/mol. The SMILES string of the molecule is CCNC(CC)c1ccc(-c2ccc([N+](=O)[O-])cc2Cl)o1. The maximum Gasteiger partial charge on any atom is 0.270 e. The summed E-state index contributed by atoms with van der Waals surface area (Å²) in [6.45, 7) is 4.97. The molecule has 0 fully saturated rings. The molecular formula is C15H17ClN2O3. The quantitative estimate of drug-likeness (QED) is 0.627. The summed E-state index contributed by atoms with van der Waals surface area (Å²) in [6, 6.07) is 8.26. The fourth-order valence-electron chi connectivity index (χ4n) is 2.19. The molecule has 112 valence electrons. The summed E-state index contributed by atoms with van der Waals surface area (Å²) < 4.78 is 5.84. The van der Waals surface area contributed by atoms with E-state index < -0.39 is 4.92 Å². The molecule has 1 atom stereocenters. The van der Waals surface area contributed by atoms with E-state index in [1.54, 1.807) is 6.07 Å². The van der Waals surface area contributed by atoms with Crippen LogP contribution in [-0.4, -0.2) is 11.5 Å². The van der Waals surface area contributed by atoms with Crippen LogP contribution in [0.4, 0.5) is 5.69 Å². The molecule has 6 heteroatoms. The first-order chi connectivity index (χ1) is 10.1. The minimum atomic E-state index is -0.471. The van der Waals surface area contributed by atoms with Crippen LogP contribution < -0.4 is 5.32 Å². The fourth-order valence-corrected chi connectivity index (χ4v) is 2.46. The van der Waals surface area contributed by atoms with Crippen LogP contribution in [0, 0.1) is 10.1 Å². The van der Waals surface area contributed by atoms with E-state index in [-0.39, 0.29) is 11.7 Å². The largest absolute Gasteiger partial charge is 0.459 e. The fraction of sp³-hybridized carbons (Fsp3) is 0.333. The van der Waals surface area contributed by atoms with Crippen LogP contribution in [0.2, 0.25) is 5.02 Å². The van der Waals surface area contributed by atoms with E-state index in [0.717, 1.165) is 18.7 Å². The summed E-state index contributed by atoms with van der Waals surface area (Å²) in [5, 5.41) is 14.4. The molecule has 0 radical (unpaired) electrons. The van der Waals surface area contributed by atoms with Crippen LogP contribution in [0.5, 0.6) is 0 Å². The second-order valence-electron chi connectivity index (χ2n) is 4.64. The van der Waals surface area contributed by atoms with Gasteiger partial charge in [-0.25, -0.2) is 0 Å². The van der Waals surface area contributed by atoms with Gasteiger partial charge in [-0.05, 0) is 31.2 Å². The lowest BCUT2D eigenvalue weighted by Crippen LogP contribution is -2.19. The average Bonchev–Trinajstić information content (AvgIpc) is 2.93. The summed E-state index contributed by atoms with van der Waals surface area (Å²) in [7, 11) is 0. The molecule has 0 aliphatic carbocycles. The standard InChI is InChI=1S/C15H17ClN2O3/c1-3-13(17-4-2)15-8-7-14(21-15)11-6-5-10(18(19)20)9-12(11)16/h5-9,13,17H,3-4H2,1-2H3. The van der Waals surface area contributed by atoms with Gasteiger partial charge in [0.1, 0.15) is 11.5 Å². The van der Waals surface area contributed by atoms with Crippen LogP contribution in [0.1, 0.15) is 32.1 Å². The third kappa shape index (κ3) is 3.43. The molecule has 1 N–H and O–H groups in total. The molecule has 1 heterocycles. The number of nitrogens with one attached hydrogen (secondary N) is 1. The van der Waals surface area contributed by atoms with Gasteiger partial charge in [0.25, 0.3) is 5.69 Å². The number of hydrogen-bond donors (Lipinski definition) is 1. The average molecular weight is 309 g/mol. The summed E-state index contributed by atoms with van der Waals surface area (Å²) in [5.41, 5.74) is 0.620. The van der Waals surface area contributed by atoms with Crippen molar-refractivity contribution in [2.75, 3.05) is 6.54 Å². The summed E-state index contributed by atoms with van der Waals surface area (Å²) >= 11 is 6.11. The summed E-state index contributed by atoms with van der Waals surface area (Å²) in [6.07, 6.45) is 0.911. The Balaban J connectivity index is 2.31. The van der Waals surface area contributed by atoms with Gasteiger partial charge in [0.2, 0.25) is 0 Å². The van der Waals surface area contributed by atoms with Gasteiger partial charge < -0.3 is 9.73 Å². The molecule has 0 aliphatic rings. The van der Waals surface area contributed by atoms with Crippen LogP contribution in [0.25, 0.3) is 11.3 Å². The molecule has 2 aromatic rings. The third-order valence-electron chi connectivity index (χ3n) is 3.26. The molecular weight excluding hydrogens is 292 g/mol. The van der Waals surface area contributed by atoms with Crippen molar-refractivity contribution in [1.82, 2.24) is 5.32 Å². The van der Waals surface area contributed by atoms with E-state index in [0.29, 0.717) is 16.3 Å². The molecule has 21 heavy (non-hydrogen) atoms. The number of halogens is 1. The Morgan fingerprint density at radius 1 is 1.33 bits per heavy atom. The molecule has 1 aromatic heterocycles. The Kier molecular flexibility index (Phi) is 4.98. The van der Waals surface area contributed by atoms with E-state index in [2.05, 4.69) is 12.2 Å². The van der Waals surface area contributed by atoms with E-state index in [1.807, 2.05) is 19.1 Å². The Bertz CT molecular complexity index is 640. The van der Waals surface area contributed by atoms with Crippen molar-refractivity contribution in [2.45, 2.75) is 26.3 Å². The van der Waals surface area contributed by atoms with E-state index in [4.69, 9.17) is 16.0 Å². The first-order valence-electron chi connectivity index (χ1n) is 6.84. The normalized spacial score (nSPS) is 12.3. The first-order valence-corrected chi connectivity index (χ1v) is 7.22. The van der Waals surface area contributed by atoms with Gasteiger partial charge in [-0.15, -0.1) is 0 Å². The Hall–Kier alpha value is -1.85. The molecule has 0 aliphatic heterocycles. The lowest BCUT2D eigenvalue weighted by Gasteiger charge is -2.12. The highest BCUT2D eigenvalue weighted by molar-refractivity contribution is 6.33. The Morgan fingerprint density at radius 3 is 2.67 bits per heavy atom. The minimum Gasteiger partial charge on any atom is -0.459 e. The lowest BCUT2D eigenvalue weighted by molar-refractivity contribution is -0.384. The smallest absolute Gasteiger partial charge is 0.270 e. The second kappa shape index (κ2) is 6.74. The monoisotopic (exact) mass is 308 g/mol. The molecule has 0 spiro atoms. The molecule has 1 unspecified atom stereocenters. The second-order valence-corrected chi connectivity index (χ2v) is 5.05. The topological polar surface area (TPSA) is 68.3 Å². The van der Waals surface area contributed by atoms with Crippen LogP contribution in [-0.2, 0) is 0 Å². The summed E-state index contributed by atoms with van der Waals surface area (Å²) in [5.74, 6) is 1.45. The Morgan fingerprint density at radius 2 is 2.10 bits per heavy atom. The zero-order valence-electron chi connectivity index (χ0n) is 11.9. The van der Waals surface area contributed by atoms with Crippen molar-refractivity contribution in [3.63, 3.8) is 0 Å². The molecule has 2 rings (SSSR count). The van der Waals surface area contributed by atoms with Gasteiger partial charge in [0.05, 0.1) is 16.0 Å². The van der Waals surface area contributed by atoms with Crippen molar-refractivity contribution in [3.8, 4) is 11.3 Å². The molecule has 0 saturated heterocycles. The van der Waals surface area contributed by atoms with Gasteiger partial charge in [-0.1, -0.05) is 25.4 Å². The number of hydrogen-bond acceptors (Lipinski definition) is 4. The highest BCUT2D eigenvalue weighted by Crippen LogP contribution is 2.33. The van der Waals surface area contributed by atoms with Crippen molar-refractivity contribution in [2.24, 2.45) is 0 Å². The molecule has 0 amide bonds. The number of rotatable bonds is 6. The summed E-state index contributed by atoms with van der Waals surface area (Å²) in [4.78, 5) is 10.2. The van der Waals surface area contributed by atoms with Crippen molar-refractivity contribution < 1.29 is 9.34 Å². The number of nitrogens with zero attached hydrogens (tertiary/aromatic N) is 1.